The number of carbonyl (C=O) groups excluding carboxylic acids is 1. The van der Waals surface area contributed by atoms with Crippen LogP contribution in [0.3, 0.4) is 0 Å². The maximum Gasteiger partial charge on any atom is 0.255 e. The summed E-state index contributed by atoms with van der Waals surface area (Å²) >= 11 is 0. The van der Waals surface area contributed by atoms with E-state index in [0.717, 1.165) is 37.7 Å². The molecule has 5 heteroatoms. The van der Waals surface area contributed by atoms with Crippen molar-refractivity contribution >= 4 is 5.91 Å². The predicted molar refractivity (Wildman–Crippen MR) is 86.7 cm³/mol. The normalized spacial score (nSPS) is 16.5. The smallest absolute Gasteiger partial charge is 0.255 e. The van der Waals surface area contributed by atoms with Crippen molar-refractivity contribution in [2.45, 2.75) is 44.2 Å². The van der Waals surface area contributed by atoms with E-state index in [4.69, 9.17) is 0 Å². The zero-order valence-corrected chi connectivity index (χ0v) is 13.0. The molecule has 1 aliphatic carbocycles. The van der Waals surface area contributed by atoms with Crippen molar-refractivity contribution < 1.29 is 4.79 Å². The monoisotopic (exact) mass is 308 g/mol. The number of nitrogens with zero attached hydrogens (tertiary/aromatic N) is 3. The second-order valence-electron chi connectivity index (χ2n) is 6.12. The highest BCUT2D eigenvalue weighted by atomic mass is 16.1. The molecule has 2 aromatic rings. The molecule has 0 spiro atoms. The summed E-state index contributed by atoms with van der Waals surface area (Å²) in [5.41, 5.74) is 0.918. The van der Waals surface area contributed by atoms with Crippen molar-refractivity contribution in [3.05, 3.63) is 53.9 Å². The van der Waals surface area contributed by atoms with Crippen LogP contribution >= 0.6 is 0 Å². The summed E-state index contributed by atoms with van der Waals surface area (Å²) in [7, 11) is 0. The molecule has 0 radical (unpaired) electrons. The lowest BCUT2D eigenvalue weighted by atomic mass is 9.82. The summed E-state index contributed by atoms with van der Waals surface area (Å²) < 4.78 is 1.74. The second-order valence-corrected chi connectivity index (χ2v) is 6.12. The fourth-order valence-corrected chi connectivity index (χ4v) is 3.05. The topological polar surface area (TPSA) is 70.7 Å². The zero-order valence-electron chi connectivity index (χ0n) is 13.0. The Bertz CT molecular complexity index is 708. The van der Waals surface area contributed by atoms with Crippen molar-refractivity contribution in [2.24, 2.45) is 0 Å². The van der Waals surface area contributed by atoms with Gasteiger partial charge in [0, 0.05) is 6.20 Å². The number of carbonyl (C=O) groups is 1. The molecule has 1 heterocycles. The van der Waals surface area contributed by atoms with E-state index in [1.807, 2.05) is 30.3 Å². The minimum Gasteiger partial charge on any atom is -0.334 e. The Morgan fingerprint density at radius 1 is 1.26 bits per heavy atom. The van der Waals surface area contributed by atoms with Crippen LogP contribution in [0.2, 0.25) is 0 Å². The van der Waals surface area contributed by atoms with Gasteiger partial charge < -0.3 is 5.32 Å². The Hall–Kier alpha value is -2.61. The van der Waals surface area contributed by atoms with Crippen LogP contribution in [-0.2, 0) is 6.54 Å². The van der Waals surface area contributed by atoms with Gasteiger partial charge >= 0.3 is 0 Å². The molecule has 0 unspecified atom stereocenters. The maximum absolute atomic E-state index is 12.4. The van der Waals surface area contributed by atoms with Crippen molar-refractivity contribution in [1.82, 2.24) is 15.1 Å². The zero-order chi connectivity index (χ0) is 16.1. The van der Waals surface area contributed by atoms with E-state index < -0.39 is 5.54 Å². The van der Waals surface area contributed by atoms with Gasteiger partial charge in [0.2, 0.25) is 0 Å². The number of rotatable bonds is 4. The number of aromatic nitrogens is 2. The fraction of sp³-hybridized carbons (Fsp3) is 0.389. The highest BCUT2D eigenvalue weighted by molar-refractivity contribution is 5.94. The SMILES string of the molecule is N#CC1(NC(=O)c2cnn(Cc3ccccc3)c2)CCCCC1. The molecule has 0 bridgehead atoms. The molecule has 0 aliphatic heterocycles. The Morgan fingerprint density at radius 3 is 2.70 bits per heavy atom. The highest BCUT2D eigenvalue weighted by Gasteiger charge is 2.34. The predicted octanol–water partition coefficient (Wildman–Crippen LogP) is 2.89. The molecule has 0 saturated heterocycles. The lowest BCUT2D eigenvalue weighted by Gasteiger charge is -2.31. The van der Waals surface area contributed by atoms with Crippen LogP contribution in [0.1, 0.15) is 48.0 Å². The molecule has 1 fully saturated rings. The summed E-state index contributed by atoms with van der Waals surface area (Å²) in [5, 5.41) is 16.6. The van der Waals surface area contributed by atoms with E-state index in [-0.39, 0.29) is 5.91 Å². The average Bonchev–Trinajstić information content (AvgIpc) is 3.05. The van der Waals surface area contributed by atoms with Crippen LogP contribution in [-0.4, -0.2) is 21.2 Å². The molecule has 1 aromatic carbocycles. The molecule has 118 valence electrons. The van der Waals surface area contributed by atoms with Crippen molar-refractivity contribution in [2.75, 3.05) is 0 Å². The van der Waals surface area contributed by atoms with Gasteiger partial charge in [-0.15, -0.1) is 0 Å². The Labute approximate surface area is 135 Å². The second kappa shape index (κ2) is 6.66. The van der Waals surface area contributed by atoms with Crippen molar-refractivity contribution in [3.8, 4) is 6.07 Å². The first-order chi connectivity index (χ1) is 11.2. The first kappa shape index (κ1) is 15.3. The van der Waals surface area contributed by atoms with E-state index in [9.17, 15) is 10.1 Å². The van der Waals surface area contributed by atoms with Gasteiger partial charge in [-0.25, -0.2) is 0 Å². The molecular formula is C18H20N4O. The number of nitriles is 1. The maximum atomic E-state index is 12.4. The lowest BCUT2D eigenvalue weighted by molar-refractivity contribution is 0.0902. The van der Waals surface area contributed by atoms with Gasteiger partial charge in [-0.1, -0.05) is 49.6 Å². The lowest BCUT2D eigenvalue weighted by Crippen LogP contribution is -2.48. The Balaban J connectivity index is 1.67. The molecule has 5 nitrogen and oxygen atoms in total. The third kappa shape index (κ3) is 3.59. The van der Waals surface area contributed by atoms with Gasteiger partial charge in [-0.2, -0.15) is 10.4 Å². The van der Waals surface area contributed by atoms with E-state index >= 15 is 0 Å². The van der Waals surface area contributed by atoms with Gasteiger partial charge in [0.1, 0.15) is 5.54 Å². The largest absolute Gasteiger partial charge is 0.334 e. The van der Waals surface area contributed by atoms with Crippen molar-refractivity contribution in [3.63, 3.8) is 0 Å². The van der Waals surface area contributed by atoms with Crippen LogP contribution in [0, 0.1) is 11.3 Å². The minimum atomic E-state index is -0.711. The molecular weight excluding hydrogens is 288 g/mol. The number of hydrogen-bond acceptors (Lipinski definition) is 3. The number of amides is 1. The fourth-order valence-electron chi connectivity index (χ4n) is 3.05. The van der Waals surface area contributed by atoms with Crippen LogP contribution in [0.4, 0.5) is 0 Å². The van der Waals surface area contributed by atoms with Crippen molar-refractivity contribution in [1.29, 1.82) is 5.26 Å². The number of hydrogen-bond donors (Lipinski definition) is 1. The van der Waals surface area contributed by atoms with Crippen LogP contribution in [0.5, 0.6) is 0 Å². The molecule has 1 N–H and O–H groups in total. The Kier molecular flexibility index (Phi) is 4.42. The third-order valence-electron chi connectivity index (χ3n) is 4.36. The van der Waals surface area contributed by atoms with Gasteiger partial charge in [0.15, 0.2) is 0 Å². The van der Waals surface area contributed by atoms with Crippen LogP contribution in [0.15, 0.2) is 42.7 Å². The molecule has 1 saturated carbocycles. The molecule has 1 aromatic heterocycles. The van der Waals surface area contributed by atoms with E-state index in [0.29, 0.717) is 12.1 Å². The number of benzene rings is 1. The standard InChI is InChI=1S/C18H20N4O/c19-14-18(9-5-2-6-10-18)21-17(23)16-11-20-22(13-16)12-15-7-3-1-4-8-15/h1,3-4,7-8,11,13H,2,5-6,9-10,12H2,(H,21,23). The minimum absolute atomic E-state index is 0.215. The third-order valence-corrected chi connectivity index (χ3v) is 4.36. The summed E-state index contributed by atoms with van der Waals surface area (Å²) in [6, 6.07) is 12.3. The average molecular weight is 308 g/mol. The summed E-state index contributed by atoms with van der Waals surface area (Å²) in [6.45, 7) is 0.623. The van der Waals surface area contributed by atoms with Crippen LogP contribution in [0.25, 0.3) is 0 Å². The first-order valence-electron chi connectivity index (χ1n) is 8.01. The summed E-state index contributed by atoms with van der Waals surface area (Å²) in [4.78, 5) is 12.4. The van der Waals surface area contributed by atoms with Gasteiger partial charge in [0.25, 0.3) is 5.91 Å². The van der Waals surface area contributed by atoms with E-state index in [1.54, 1.807) is 17.1 Å². The van der Waals surface area contributed by atoms with E-state index in [2.05, 4.69) is 16.5 Å². The highest BCUT2D eigenvalue weighted by Crippen LogP contribution is 2.27. The first-order valence-corrected chi connectivity index (χ1v) is 8.01. The summed E-state index contributed by atoms with van der Waals surface area (Å²) in [6.07, 6.45) is 7.86. The quantitative estimate of drug-likeness (QED) is 0.944. The van der Waals surface area contributed by atoms with Crippen LogP contribution < -0.4 is 5.32 Å². The van der Waals surface area contributed by atoms with E-state index in [1.165, 1.54) is 0 Å². The Morgan fingerprint density at radius 2 is 2.00 bits per heavy atom. The molecule has 23 heavy (non-hydrogen) atoms. The van der Waals surface area contributed by atoms with Gasteiger partial charge in [-0.05, 0) is 18.4 Å². The van der Waals surface area contributed by atoms with Gasteiger partial charge in [0.05, 0.1) is 24.4 Å². The molecule has 0 atom stereocenters. The molecule has 3 rings (SSSR count). The number of nitrogens with one attached hydrogen (secondary N) is 1. The summed E-state index contributed by atoms with van der Waals surface area (Å²) in [5.74, 6) is -0.215. The molecule has 1 aliphatic rings. The molecule has 1 amide bonds. The van der Waals surface area contributed by atoms with Gasteiger partial charge in [-0.3, -0.25) is 9.48 Å².